The third-order valence-corrected chi connectivity index (χ3v) is 5.35. The number of likely N-dealkylation sites (tertiary alicyclic amines) is 1. The summed E-state index contributed by atoms with van der Waals surface area (Å²) in [6.45, 7) is 0.678. The van der Waals surface area contributed by atoms with Crippen LogP contribution < -0.4 is 10.6 Å². The second-order valence-electron chi connectivity index (χ2n) is 6.12. The van der Waals surface area contributed by atoms with Crippen molar-refractivity contribution in [3.05, 3.63) is 45.0 Å². The van der Waals surface area contributed by atoms with Gasteiger partial charge in [-0.1, -0.05) is 23.7 Å². The number of amides is 3. The van der Waals surface area contributed by atoms with Crippen molar-refractivity contribution in [2.75, 3.05) is 18.9 Å². The molecular weight excluding hydrogens is 438 g/mol. The van der Waals surface area contributed by atoms with E-state index in [4.69, 9.17) is 11.6 Å². The molecule has 3 amide bonds. The van der Waals surface area contributed by atoms with Gasteiger partial charge in [-0.15, -0.1) is 0 Å². The van der Waals surface area contributed by atoms with Crippen LogP contribution in [0.1, 0.15) is 33.7 Å². The van der Waals surface area contributed by atoms with Gasteiger partial charge in [0.2, 0.25) is 5.91 Å². The molecular formula is C17H17BrClN5O3. The summed E-state index contributed by atoms with van der Waals surface area (Å²) in [4.78, 5) is 38.5. The molecule has 0 bridgehead atoms. The van der Waals surface area contributed by atoms with Crippen molar-refractivity contribution in [1.29, 1.82) is 0 Å². The highest BCUT2D eigenvalue weighted by molar-refractivity contribution is 9.10. The Kier molecular flexibility index (Phi) is 5.81. The SMILES string of the molecule is CN1CCCC(NC(=O)c2[nH]nc(NC(=O)c3ccccc3Cl)c2Br)C1=O. The van der Waals surface area contributed by atoms with Crippen molar-refractivity contribution in [3.8, 4) is 0 Å². The lowest BCUT2D eigenvalue weighted by Gasteiger charge is -2.29. The third-order valence-electron chi connectivity index (χ3n) is 4.25. The van der Waals surface area contributed by atoms with Crippen LogP contribution in [0.25, 0.3) is 0 Å². The minimum absolute atomic E-state index is 0.116. The predicted molar refractivity (Wildman–Crippen MR) is 104 cm³/mol. The molecule has 3 rings (SSSR count). The van der Waals surface area contributed by atoms with Crippen LogP contribution in [0.2, 0.25) is 5.02 Å². The number of benzene rings is 1. The zero-order valence-electron chi connectivity index (χ0n) is 14.4. The van der Waals surface area contributed by atoms with E-state index in [2.05, 4.69) is 36.8 Å². The molecule has 0 saturated carbocycles. The number of H-pyrrole nitrogens is 1. The second kappa shape index (κ2) is 8.10. The standard InChI is InChI=1S/C17H17BrClN5O3/c1-24-8-4-7-11(17(24)27)20-16(26)13-12(18)14(23-22-13)21-15(25)9-5-2-3-6-10(9)19/h2-3,5-6,11H,4,7-8H2,1H3,(H,20,26)(H2,21,22,23,25). The summed E-state index contributed by atoms with van der Waals surface area (Å²) >= 11 is 9.28. The number of nitrogens with zero attached hydrogens (tertiary/aromatic N) is 2. The van der Waals surface area contributed by atoms with Crippen molar-refractivity contribution in [2.45, 2.75) is 18.9 Å². The van der Waals surface area contributed by atoms with E-state index in [1.54, 1.807) is 36.2 Å². The lowest BCUT2D eigenvalue weighted by atomic mass is 10.1. The second-order valence-corrected chi connectivity index (χ2v) is 7.32. The molecule has 0 aliphatic carbocycles. The van der Waals surface area contributed by atoms with E-state index < -0.39 is 17.9 Å². The van der Waals surface area contributed by atoms with Crippen LogP contribution in [0.3, 0.4) is 0 Å². The normalized spacial score (nSPS) is 16.9. The minimum atomic E-state index is -0.576. The van der Waals surface area contributed by atoms with Crippen LogP contribution in [0, 0.1) is 0 Å². The molecule has 10 heteroatoms. The van der Waals surface area contributed by atoms with Crippen LogP contribution in [-0.4, -0.2) is 52.5 Å². The number of aromatic nitrogens is 2. The molecule has 1 aliphatic heterocycles. The van der Waals surface area contributed by atoms with Gasteiger partial charge in [0.25, 0.3) is 11.8 Å². The first-order valence-corrected chi connectivity index (χ1v) is 9.41. The van der Waals surface area contributed by atoms with Crippen molar-refractivity contribution in [1.82, 2.24) is 20.4 Å². The maximum atomic E-state index is 12.5. The topological polar surface area (TPSA) is 107 Å². The average molecular weight is 455 g/mol. The zero-order valence-corrected chi connectivity index (χ0v) is 16.7. The Morgan fingerprint density at radius 1 is 1.33 bits per heavy atom. The molecule has 27 heavy (non-hydrogen) atoms. The van der Waals surface area contributed by atoms with Gasteiger partial charge >= 0.3 is 0 Å². The van der Waals surface area contributed by atoms with Gasteiger partial charge in [-0.25, -0.2) is 0 Å². The fourth-order valence-electron chi connectivity index (χ4n) is 2.78. The molecule has 1 aromatic heterocycles. The number of hydrogen-bond acceptors (Lipinski definition) is 4. The Labute approximate surface area is 168 Å². The quantitative estimate of drug-likeness (QED) is 0.659. The fourth-order valence-corrected chi connectivity index (χ4v) is 3.46. The number of carbonyl (C=O) groups excluding carboxylic acids is 3. The van der Waals surface area contributed by atoms with Gasteiger partial charge in [-0.05, 0) is 40.9 Å². The molecule has 1 aromatic carbocycles. The van der Waals surface area contributed by atoms with E-state index >= 15 is 0 Å². The summed E-state index contributed by atoms with van der Waals surface area (Å²) in [5.41, 5.74) is 0.404. The van der Waals surface area contributed by atoms with Crippen LogP contribution in [-0.2, 0) is 4.79 Å². The van der Waals surface area contributed by atoms with Crippen LogP contribution >= 0.6 is 27.5 Å². The lowest BCUT2D eigenvalue weighted by molar-refractivity contribution is -0.134. The Morgan fingerprint density at radius 2 is 2.07 bits per heavy atom. The summed E-state index contributed by atoms with van der Waals surface area (Å²) in [5.74, 6) is -0.917. The van der Waals surface area contributed by atoms with Gasteiger partial charge in [-0.2, -0.15) is 5.10 Å². The monoisotopic (exact) mass is 453 g/mol. The molecule has 1 aliphatic rings. The predicted octanol–water partition coefficient (Wildman–Crippen LogP) is 2.43. The molecule has 2 heterocycles. The number of nitrogens with one attached hydrogen (secondary N) is 3. The van der Waals surface area contributed by atoms with E-state index in [0.717, 1.165) is 6.42 Å². The summed E-state index contributed by atoms with van der Waals surface area (Å²) in [6.07, 6.45) is 1.40. The van der Waals surface area contributed by atoms with E-state index in [-0.39, 0.29) is 27.5 Å². The first-order chi connectivity index (χ1) is 12.9. The van der Waals surface area contributed by atoms with Gasteiger partial charge in [0.15, 0.2) is 5.82 Å². The number of likely N-dealkylation sites (N-methyl/N-ethyl adjacent to an activating group) is 1. The highest BCUT2D eigenvalue weighted by Crippen LogP contribution is 2.25. The smallest absolute Gasteiger partial charge is 0.271 e. The number of halogens is 2. The Morgan fingerprint density at radius 3 is 2.81 bits per heavy atom. The van der Waals surface area contributed by atoms with Crippen LogP contribution in [0.15, 0.2) is 28.7 Å². The van der Waals surface area contributed by atoms with E-state index in [9.17, 15) is 14.4 Å². The molecule has 1 saturated heterocycles. The fraction of sp³-hybridized carbons (Fsp3) is 0.294. The number of hydrogen-bond donors (Lipinski definition) is 3. The maximum absolute atomic E-state index is 12.5. The number of anilines is 1. The van der Waals surface area contributed by atoms with Crippen LogP contribution in [0.5, 0.6) is 0 Å². The zero-order chi connectivity index (χ0) is 19.6. The van der Waals surface area contributed by atoms with Crippen LogP contribution in [0.4, 0.5) is 5.82 Å². The van der Waals surface area contributed by atoms with Gasteiger partial charge in [0, 0.05) is 13.6 Å². The molecule has 1 atom stereocenters. The van der Waals surface area contributed by atoms with Crippen molar-refractivity contribution < 1.29 is 14.4 Å². The molecule has 3 N–H and O–H groups in total. The van der Waals surface area contributed by atoms with Gasteiger partial charge in [-0.3, -0.25) is 19.5 Å². The number of rotatable bonds is 4. The highest BCUT2D eigenvalue weighted by Gasteiger charge is 2.29. The van der Waals surface area contributed by atoms with Crippen molar-refractivity contribution >= 4 is 51.1 Å². The third kappa shape index (κ3) is 4.14. The average Bonchev–Trinajstić information content (AvgIpc) is 3.00. The Bertz CT molecular complexity index is 900. The summed E-state index contributed by atoms with van der Waals surface area (Å²) in [5, 5.41) is 12.1. The molecule has 0 spiro atoms. The number of carbonyl (C=O) groups is 3. The Hall–Kier alpha value is -2.39. The highest BCUT2D eigenvalue weighted by atomic mass is 79.9. The molecule has 1 fully saturated rings. The minimum Gasteiger partial charge on any atom is -0.344 e. The molecule has 0 radical (unpaired) electrons. The van der Waals surface area contributed by atoms with Gasteiger partial charge in [0.1, 0.15) is 11.7 Å². The van der Waals surface area contributed by atoms with E-state index in [1.807, 2.05) is 0 Å². The van der Waals surface area contributed by atoms with Gasteiger partial charge in [0.05, 0.1) is 15.1 Å². The number of aromatic amines is 1. The Balaban J connectivity index is 1.71. The molecule has 2 aromatic rings. The maximum Gasteiger partial charge on any atom is 0.271 e. The van der Waals surface area contributed by atoms with E-state index in [0.29, 0.717) is 18.0 Å². The molecule has 1 unspecified atom stereocenters. The van der Waals surface area contributed by atoms with Gasteiger partial charge < -0.3 is 15.5 Å². The van der Waals surface area contributed by atoms with Crippen molar-refractivity contribution in [2.24, 2.45) is 0 Å². The summed E-state index contributed by atoms with van der Waals surface area (Å²) < 4.78 is 0.289. The first-order valence-electron chi connectivity index (χ1n) is 8.24. The number of piperidine rings is 1. The lowest BCUT2D eigenvalue weighted by Crippen LogP contribution is -2.50. The first kappa shape index (κ1) is 19.4. The molecule has 8 nitrogen and oxygen atoms in total. The summed E-state index contributed by atoms with van der Waals surface area (Å²) in [7, 11) is 1.70. The summed E-state index contributed by atoms with van der Waals surface area (Å²) in [6, 6.07) is 6.02. The van der Waals surface area contributed by atoms with E-state index in [1.165, 1.54) is 0 Å². The molecule has 142 valence electrons. The van der Waals surface area contributed by atoms with Crippen molar-refractivity contribution in [3.63, 3.8) is 0 Å². The largest absolute Gasteiger partial charge is 0.344 e.